The summed E-state index contributed by atoms with van der Waals surface area (Å²) in [5.41, 5.74) is 2.15. The number of benzene rings is 1. The summed E-state index contributed by atoms with van der Waals surface area (Å²) in [6.07, 6.45) is 1.89. The molecule has 1 heterocycles. The molecule has 1 atom stereocenters. The van der Waals surface area contributed by atoms with Crippen LogP contribution in [0, 0.1) is 13.8 Å². The van der Waals surface area contributed by atoms with Crippen LogP contribution >= 0.6 is 0 Å². The monoisotopic (exact) mass is 346 g/mol. The Labute approximate surface area is 150 Å². The fourth-order valence-electron chi connectivity index (χ4n) is 3.30. The van der Waals surface area contributed by atoms with Crippen molar-refractivity contribution in [3.8, 4) is 0 Å². The Kier molecular flexibility index (Phi) is 6.22. The molecule has 0 aliphatic carbocycles. The van der Waals surface area contributed by atoms with Gasteiger partial charge in [-0.1, -0.05) is 17.7 Å². The molecule has 1 N–H and O–H groups in total. The number of amides is 2. The lowest BCUT2D eigenvalue weighted by atomic mass is 9.96. The molecular weight excluding hydrogens is 316 g/mol. The van der Waals surface area contributed by atoms with Crippen molar-refractivity contribution in [2.45, 2.75) is 65.5 Å². The summed E-state index contributed by atoms with van der Waals surface area (Å²) in [6.45, 7) is 11.0. The van der Waals surface area contributed by atoms with Crippen LogP contribution in [0.1, 0.15) is 51.2 Å². The van der Waals surface area contributed by atoms with Crippen LogP contribution in [-0.4, -0.2) is 36.6 Å². The molecule has 0 unspecified atom stereocenters. The largest absolute Gasteiger partial charge is 0.379 e. The van der Waals surface area contributed by atoms with Gasteiger partial charge < -0.3 is 10.1 Å². The highest BCUT2D eigenvalue weighted by Crippen LogP contribution is 2.37. The molecule has 1 fully saturated rings. The fraction of sp³-hybridized carbons (Fsp3) is 0.600. The van der Waals surface area contributed by atoms with E-state index in [0.717, 1.165) is 23.2 Å². The first-order chi connectivity index (χ1) is 11.8. The summed E-state index contributed by atoms with van der Waals surface area (Å²) in [5, 5.41) is 2.98. The van der Waals surface area contributed by atoms with Gasteiger partial charge in [-0.3, -0.25) is 14.5 Å². The van der Waals surface area contributed by atoms with Crippen molar-refractivity contribution in [3.05, 3.63) is 29.3 Å². The summed E-state index contributed by atoms with van der Waals surface area (Å²) in [4.78, 5) is 27.0. The van der Waals surface area contributed by atoms with E-state index in [4.69, 9.17) is 4.74 Å². The van der Waals surface area contributed by atoms with Gasteiger partial charge in [-0.15, -0.1) is 0 Å². The van der Waals surface area contributed by atoms with Gasteiger partial charge in [-0.2, -0.15) is 0 Å². The predicted octanol–water partition coefficient (Wildman–Crippen LogP) is 3.12. The number of hydrogen-bond acceptors (Lipinski definition) is 3. The second-order valence-corrected chi connectivity index (χ2v) is 7.32. The Bertz CT molecular complexity index is 642. The van der Waals surface area contributed by atoms with Crippen LogP contribution in [0.25, 0.3) is 0 Å². The summed E-state index contributed by atoms with van der Waals surface area (Å²) < 4.78 is 5.49. The lowest BCUT2D eigenvalue weighted by Crippen LogP contribution is -2.55. The zero-order chi connectivity index (χ0) is 18.6. The molecule has 5 nitrogen and oxygen atoms in total. The van der Waals surface area contributed by atoms with Crippen molar-refractivity contribution in [2.75, 3.05) is 18.1 Å². The van der Waals surface area contributed by atoms with Crippen molar-refractivity contribution < 1.29 is 14.3 Å². The first kappa shape index (κ1) is 19.4. The number of anilines is 1. The summed E-state index contributed by atoms with van der Waals surface area (Å²) >= 11 is 0. The number of rotatable bonds is 7. The van der Waals surface area contributed by atoms with Gasteiger partial charge in [0.25, 0.3) is 0 Å². The number of carbonyl (C=O) groups is 2. The number of carbonyl (C=O) groups excluding carboxylic acids is 2. The smallest absolute Gasteiger partial charge is 0.246 e. The minimum absolute atomic E-state index is 0.00717. The van der Waals surface area contributed by atoms with E-state index in [1.165, 1.54) is 0 Å². The van der Waals surface area contributed by atoms with E-state index < -0.39 is 5.54 Å². The van der Waals surface area contributed by atoms with Crippen LogP contribution in [0.15, 0.2) is 18.2 Å². The maximum Gasteiger partial charge on any atom is 0.246 e. The third kappa shape index (κ3) is 4.40. The molecule has 1 saturated heterocycles. The van der Waals surface area contributed by atoms with Crippen molar-refractivity contribution in [3.63, 3.8) is 0 Å². The second kappa shape index (κ2) is 8.00. The predicted molar refractivity (Wildman–Crippen MR) is 99.8 cm³/mol. The summed E-state index contributed by atoms with van der Waals surface area (Å²) in [6, 6.07) is 5.97. The average molecular weight is 346 g/mol. The Morgan fingerprint density at radius 3 is 2.72 bits per heavy atom. The van der Waals surface area contributed by atoms with Crippen molar-refractivity contribution >= 4 is 17.5 Å². The molecule has 2 rings (SSSR count). The maximum absolute atomic E-state index is 12.8. The van der Waals surface area contributed by atoms with Crippen LogP contribution in [0.5, 0.6) is 0 Å². The quantitative estimate of drug-likeness (QED) is 0.772. The minimum atomic E-state index is -0.837. The van der Waals surface area contributed by atoms with Crippen molar-refractivity contribution in [1.82, 2.24) is 5.32 Å². The minimum Gasteiger partial charge on any atom is -0.379 e. The molecule has 25 heavy (non-hydrogen) atoms. The van der Waals surface area contributed by atoms with E-state index in [9.17, 15) is 9.59 Å². The molecule has 138 valence electrons. The van der Waals surface area contributed by atoms with Gasteiger partial charge in [-0.05, 0) is 59.1 Å². The van der Waals surface area contributed by atoms with Crippen molar-refractivity contribution in [1.29, 1.82) is 0 Å². The Hall–Kier alpha value is -1.88. The molecule has 1 aliphatic heterocycles. The van der Waals surface area contributed by atoms with E-state index in [2.05, 4.69) is 5.32 Å². The standard InChI is InChI=1S/C20H30N2O3/c1-14(2)25-12-6-11-21-19(24)20(5)10-9-18(23)22(20)17-8-7-15(3)13-16(17)4/h7-8,13-14H,6,9-12H2,1-5H3,(H,21,24)/t20-/m0/s1. The first-order valence-electron chi connectivity index (χ1n) is 9.06. The molecule has 0 aromatic heterocycles. The summed E-state index contributed by atoms with van der Waals surface area (Å²) in [7, 11) is 0. The van der Waals surface area contributed by atoms with Gasteiger partial charge in [0.05, 0.1) is 6.10 Å². The van der Waals surface area contributed by atoms with Gasteiger partial charge in [0.2, 0.25) is 11.8 Å². The third-order valence-electron chi connectivity index (χ3n) is 4.71. The van der Waals surface area contributed by atoms with E-state index in [0.29, 0.717) is 26.0 Å². The van der Waals surface area contributed by atoms with Crippen LogP contribution in [0.3, 0.4) is 0 Å². The molecule has 1 aromatic rings. The SMILES string of the molecule is Cc1ccc(N2C(=O)CC[C@@]2(C)C(=O)NCCCOC(C)C)c(C)c1. The molecule has 5 heteroatoms. The van der Waals surface area contributed by atoms with Crippen LogP contribution in [0.4, 0.5) is 5.69 Å². The van der Waals surface area contributed by atoms with Crippen LogP contribution < -0.4 is 10.2 Å². The highest BCUT2D eigenvalue weighted by atomic mass is 16.5. The van der Waals surface area contributed by atoms with Gasteiger partial charge in [0.1, 0.15) is 5.54 Å². The zero-order valence-electron chi connectivity index (χ0n) is 16.0. The van der Waals surface area contributed by atoms with Crippen LogP contribution in [-0.2, 0) is 14.3 Å². The van der Waals surface area contributed by atoms with Gasteiger partial charge >= 0.3 is 0 Å². The maximum atomic E-state index is 12.8. The highest BCUT2D eigenvalue weighted by molar-refractivity contribution is 6.06. The zero-order valence-corrected chi connectivity index (χ0v) is 16.0. The Morgan fingerprint density at radius 2 is 2.08 bits per heavy atom. The number of hydrogen-bond donors (Lipinski definition) is 1. The summed E-state index contributed by atoms with van der Waals surface area (Å²) in [5.74, 6) is -0.0874. The molecule has 0 radical (unpaired) electrons. The molecule has 1 aliphatic rings. The van der Waals surface area contributed by atoms with Crippen LogP contribution in [0.2, 0.25) is 0 Å². The lowest BCUT2D eigenvalue weighted by Gasteiger charge is -2.35. The van der Waals surface area contributed by atoms with Gasteiger partial charge in [0, 0.05) is 25.3 Å². The number of aryl methyl sites for hydroxylation is 2. The molecule has 0 saturated carbocycles. The average Bonchev–Trinajstić information content (AvgIpc) is 2.83. The Balaban J connectivity index is 2.08. The molecular formula is C20H30N2O3. The van der Waals surface area contributed by atoms with E-state index >= 15 is 0 Å². The van der Waals surface area contributed by atoms with E-state index in [-0.39, 0.29) is 17.9 Å². The molecule has 0 bridgehead atoms. The number of nitrogens with zero attached hydrogens (tertiary/aromatic N) is 1. The van der Waals surface area contributed by atoms with Gasteiger partial charge in [-0.25, -0.2) is 0 Å². The number of ether oxygens (including phenoxy) is 1. The molecule has 1 aromatic carbocycles. The van der Waals surface area contributed by atoms with Crippen molar-refractivity contribution in [2.24, 2.45) is 0 Å². The first-order valence-corrected chi connectivity index (χ1v) is 9.06. The van der Waals surface area contributed by atoms with E-state index in [1.54, 1.807) is 4.90 Å². The van der Waals surface area contributed by atoms with Gasteiger partial charge in [0.15, 0.2) is 0 Å². The normalized spacial score (nSPS) is 20.4. The lowest BCUT2D eigenvalue weighted by molar-refractivity contribution is -0.127. The fourth-order valence-corrected chi connectivity index (χ4v) is 3.30. The number of nitrogens with one attached hydrogen (secondary N) is 1. The second-order valence-electron chi connectivity index (χ2n) is 7.32. The topological polar surface area (TPSA) is 58.6 Å². The third-order valence-corrected chi connectivity index (χ3v) is 4.71. The molecule has 0 spiro atoms. The van der Waals surface area contributed by atoms with E-state index in [1.807, 2.05) is 52.8 Å². The molecule has 2 amide bonds. The Morgan fingerprint density at radius 1 is 1.36 bits per heavy atom. The highest BCUT2D eigenvalue weighted by Gasteiger charge is 2.48.